The highest BCUT2D eigenvalue weighted by Crippen LogP contribution is 2.22. The lowest BCUT2D eigenvalue weighted by Gasteiger charge is -2.02. The van der Waals surface area contributed by atoms with Gasteiger partial charge in [-0.15, -0.1) is 0 Å². The van der Waals surface area contributed by atoms with Crippen molar-refractivity contribution in [1.82, 2.24) is 0 Å². The Morgan fingerprint density at radius 3 is 1.33 bits per heavy atom. The highest BCUT2D eigenvalue weighted by atomic mass is 16.6. The second-order valence-electron chi connectivity index (χ2n) is 4.54. The molecule has 0 aliphatic heterocycles. The number of ketones is 3. The molecule has 0 saturated carbocycles. The fraction of sp³-hybridized carbons (Fsp3) is 0. The zero-order valence-corrected chi connectivity index (χ0v) is 11.9. The molecule has 0 atom stereocenters. The first kappa shape index (κ1) is 16.6. The Labute approximate surface area is 133 Å². The summed E-state index contributed by atoms with van der Waals surface area (Å²) in [7, 11) is 0. The molecule has 9 heteroatoms. The molecule has 0 aromatic heterocycles. The van der Waals surface area contributed by atoms with E-state index in [-0.39, 0.29) is 0 Å². The van der Waals surface area contributed by atoms with Crippen molar-refractivity contribution in [3.63, 3.8) is 0 Å². The van der Waals surface area contributed by atoms with Crippen LogP contribution >= 0.6 is 0 Å². The molecule has 0 fully saturated rings. The topological polar surface area (TPSA) is 137 Å². The molecule has 120 valence electrons. The zero-order valence-electron chi connectivity index (χ0n) is 11.9. The molecule has 2 aromatic rings. The minimum absolute atomic E-state index is 0.556. The normalized spacial score (nSPS) is 10.0. The van der Waals surface area contributed by atoms with Crippen molar-refractivity contribution in [2.45, 2.75) is 0 Å². The summed E-state index contributed by atoms with van der Waals surface area (Å²) in [6.45, 7) is 0. The fourth-order valence-electron chi connectivity index (χ4n) is 2.00. The minimum Gasteiger partial charge on any atom is -0.284 e. The third kappa shape index (κ3) is 3.04. The third-order valence-electron chi connectivity index (χ3n) is 3.10. The molecule has 0 unspecified atom stereocenters. The van der Waals surface area contributed by atoms with Crippen LogP contribution in [0.2, 0.25) is 0 Å². The van der Waals surface area contributed by atoms with E-state index >= 15 is 0 Å². The summed E-state index contributed by atoms with van der Waals surface area (Å²) in [5, 5.41) is 21.8. The predicted octanol–water partition coefficient (Wildman–Crippen LogP) is 2.14. The van der Waals surface area contributed by atoms with Crippen molar-refractivity contribution < 1.29 is 24.2 Å². The van der Waals surface area contributed by atoms with Crippen LogP contribution < -0.4 is 0 Å². The molecule has 24 heavy (non-hydrogen) atoms. The summed E-state index contributed by atoms with van der Waals surface area (Å²) in [6.07, 6.45) is 0. The van der Waals surface area contributed by atoms with Crippen LogP contribution in [0.25, 0.3) is 0 Å². The quantitative estimate of drug-likeness (QED) is 0.260. The van der Waals surface area contributed by atoms with E-state index in [0.29, 0.717) is 0 Å². The third-order valence-corrected chi connectivity index (χ3v) is 3.10. The first-order valence-corrected chi connectivity index (χ1v) is 6.44. The van der Waals surface area contributed by atoms with Gasteiger partial charge >= 0.3 is 0 Å². The molecule has 0 saturated heterocycles. The Morgan fingerprint density at radius 2 is 1.00 bits per heavy atom. The van der Waals surface area contributed by atoms with Crippen molar-refractivity contribution in [2.75, 3.05) is 0 Å². The first-order valence-electron chi connectivity index (χ1n) is 6.44. The molecule has 9 nitrogen and oxygen atoms in total. The van der Waals surface area contributed by atoms with Gasteiger partial charge in [-0.05, 0) is 12.1 Å². The SMILES string of the molecule is O=C(C(=O)c1ccccc1[N+](=O)[O-])C(=O)c1ccccc1[N+](=O)[O-]. The second-order valence-corrected chi connectivity index (χ2v) is 4.54. The van der Waals surface area contributed by atoms with Gasteiger partial charge < -0.3 is 0 Å². The average molecular weight is 328 g/mol. The number of benzene rings is 2. The number of carbonyl (C=O) groups is 3. The highest BCUT2D eigenvalue weighted by Gasteiger charge is 2.33. The number of nitro benzene ring substituents is 2. The van der Waals surface area contributed by atoms with Crippen LogP contribution in [0.15, 0.2) is 48.5 Å². The van der Waals surface area contributed by atoms with Gasteiger partial charge in [-0.25, -0.2) is 0 Å². The largest absolute Gasteiger partial charge is 0.284 e. The molecular weight excluding hydrogens is 320 g/mol. The van der Waals surface area contributed by atoms with Gasteiger partial charge in [0.15, 0.2) is 0 Å². The van der Waals surface area contributed by atoms with E-state index < -0.39 is 49.7 Å². The Bertz CT molecular complexity index is 817. The Hall–Kier alpha value is -3.75. The Morgan fingerprint density at radius 1 is 0.667 bits per heavy atom. The summed E-state index contributed by atoms with van der Waals surface area (Å²) in [5.41, 5.74) is -2.38. The number of nitrogens with zero attached hydrogens (tertiary/aromatic N) is 2. The maximum Gasteiger partial charge on any atom is 0.280 e. The molecule has 0 radical (unpaired) electrons. The molecule has 2 aromatic carbocycles. The molecule has 0 spiro atoms. The number of nitro groups is 2. The van der Waals surface area contributed by atoms with Gasteiger partial charge in [-0.1, -0.05) is 24.3 Å². The number of para-hydroxylation sites is 2. The molecule has 2 rings (SSSR count). The molecule has 0 aliphatic rings. The maximum absolute atomic E-state index is 12.1. The van der Waals surface area contributed by atoms with E-state index in [2.05, 4.69) is 0 Å². The number of hydrogen-bond acceptors (Lipinski definition) is 7. The molecule has 0 N–H and O–H groups in total. The average Bonchev–Trinajstić information content (AvgIpc) is 2.59. The molecular formula is C15H8N2O7. The van der Waals surface area contributed by atoms with E-state index in [9.17, 15) is 34.6 Å². The Kier molecular flexibility index (Phi) is 4.55. The van der Waals surface area contributed by atoms with Gasteiger partial charge in [-0.2, -0.15) is 0 Å². The van der Waals surface area contributed by atoms with Gasteiger partial charge in [0.2, 0.25) is 11.6 Å². The van der Waals surface area contributed by atoms with Gasteiger partial charge in [0.05, 0.1) is 9.85 Å². The second kappa shape index (κ2) is 6.57. The summed E-state index contributed by atoms with van der Waals surface area (Å²) in [6, 6.07) is 9.26. The molecule has 0 heterocycles. The number of Topliss-reactive ketones (excluding diaryl/α,β-unsaturated/α-hetero) is 3. The standard InChI is InChI=1S/C15H8N2O7/c18-13(9-5-1-3-7-11(9)16(21)22)15(20)14(19)10-6-2-4-8-12(10)17(23)24/h1-8H. The van der Waals surface area contributed by atoms with Crippen LogP contribution in [0.5, 0.6) is 0 Å². The van der Waals surface area contributed by atoms with Crippen molar-refractivity contribution in [3.8, 4) is 0 Å². The molecule has 0 bridgehead atoms. The van der Waals surface area contributed by atoms with Crippen LogP contribution in [-0.4, -0.2) is 27.2 Å². The van der Waals surface area contributed by atoms with Crippen LogP contribution in [0, 0.1) is 20.2 Å². The van der Waals surface area contributed by atoms with Gasteiger partial charge in [-0.3, -0.25) is 34.6 Å². The monoisotopic (exact) mass is 328 g/mol. The van der Waals surface area contributed by atoms with Crippen molar-refractivity contribution >= 4 is 28.7 Å². The summed E-state index contributed by atoms with van der Waals surface area (Å²) >= 11 is 0. The van der Waals surface area contributed by atoms with E-state index in [1.165, 1.54) is 24.3 Å². The first-order chi connectivity index (χ1) is 11.3. The van der Waals surface area contributed by atoms with Crippen LogP contribution in [0.4, 0.5) is 11.4 Å². The van der Waals surface area contributed by atoms with Crippen molar-refractivity contribution in [1.29, 1.82) is 0 Å². The van der Waals surface area contributed by atoms with Gasteiger partial charge in [0.25, 0.3) is 17.2 Å². The van der Waals surface area contributed by atoms with Crippen molar-refractivity contribution in [2.24, 2.45) is 0 Å². The highest BCUT2D eigenvalue weighted by molar-refractivity contribution is 6.70. The van der Waals surface area contributed by atoms with Crippen molar-refractivity contribution in [3.05, 3.63) is 79.9 Å². The van der Waals surface area contributed by atoms with Gasteiger partial charge in [0, 0.05) is 12.1 Å². The molecule has 0 aliphatic carbocycles. The Balaban J connectivity index is 2.43. The summed E-state index contributed by atoms with van der Waals surface area (Å²) in [5.74, 6) is -4.38. The lowest BCUT2D eigenvalue weighted by molar-refractivity contribution is -0.385. The fourth-order valence-corrected chi connectivity index (χ4v) is 2.00. The van der Waals surface area contributed by atoms with Crippen LogP contribution in [-0.2, 0) is 4.79 Å². The van der Waals surface area contributed by atoms with E-state index in [4.69, 9.17) is 0 Å². The smallest absolute Gasteiger partial charge is 0.280 e. The predicted molar refractivity (Wildman–Crippen MR) is 79.9 cm³/mol. The zero-order chi connectivity index (χ0) is 17.9. The van der Waals surface area contributed by atoms with Crippen LogP contribution in [0.1, 0.15) is 20.7 Å². The minimum atomic E-state index is -1.58. The van der Waals surface area contributed by atoms with E-state index in [1.54, 1.807) is 0 Å². The van der Waals surface area contributed by atoms with E-state index in [1.807, 2.05) is 0 Å². The number of hydrogen-bond donors (Lipinski definition) is 0. The molecule has 0 amide bonds. The lowest BCUT2D eigenvalue weighted by atomic mass is 9.98. The summed E-state index contributed by atoms with van der Waals surface area (Å²) < 4.78 is 0. The van der Waals surface area contributed by atoms with E-state index in [0.717, 1.165) is 24.3 Å². The number of carbonyl (C=O) groups excluding carboxylic acids is 3. The summed E-state index contributed by atoms with van der Waals surface area (Å²) in [4.78, 5) is 56.4. The maximum atomic E-state index is 12.1. The van der Waals surface area contributed by atoms with Crippen LogP contribution in [0.3, 0.4) is 0 Å². The van der Waals surface area contributed by atoms with Gasteiger partial charge in [0.1, 0.15) is 11.1 Å². The lowest BCUT2D eigenvalue weighted by Crippen LogP contribution is -2.25. The number of rotatable bonds is 6.